The van der Waals surface area contributed by atoms with Crippen LogP contribution in [0.25, 0.3) is 10.2 Å². The topological polar surface area (TPSA) is 76.2 Å². The summed E-state index contributed by atoms with van der Waals surface area (Å²) in [5, 5.41) is 0.476. The van der Waals surface area contributed by atoms with Crippen molar-refractivity contribution in [2.45, 2.75) is 11.8 Å². The molecule has 0 spiro atoms. The van der Waals surface area contributed by atoms with Crippen molar-refractivity contribution in [3.8, 4) is 0 Å². The van der Waals surface area contributed by atoms with E-state index in [9.17, 15) is 4.21 Å². The molecule has 1 aromatic heterocycles. The maximum absolute atomic E-state index is 11.1. The lowest BCUT2D eigenvalue weighted by atomic mass is 10.3. The fraction of sp³-hybridized carbons (Fsp3) is 0.222. The zero-order valence-corrected chi connectivity index (χ0v) is 9.64. The lowest BCUT2D eigenvalue weighted by Crippen LogP contribution is -2.37. The fourth-order valence-corrected chi connectivity index (χ4v) is 2.61. The van der Waals surface area contributed by atoms with Crippen LogP contribution in [0.1, 0.15) is 11.9 Å². The van der Waals surface area contributed by atoms with E-state index in [2.05, 4.69) is 4.98 Å². The molecule has 0 aliphatic heterocycles. The predicted octanol–water partition coefficient (Wildman–Crippen LogP) is 1.65. The SMILES string of the molecule is CC(N)(c1nc2ccccc2s1)S(=O)O. The first-order chi connectivity index (χ1) is 7.01. The zero-order chi connectivity index (χ0) is 11.1. The average Bonchev–Trinajstić information content (AvgIpc) is 2.61. The summed E-state index contributed by atoms with van der Waals surface area (Å²) >= 11 is -0.784. The Kier molecular flexibility index (Phi) is 2.59. The van der Waals surface area contributed by atoms with Crippen LogP contribution < -0.4 is 5.73 Å². The smallest absolute Gasteiger partial charge is 0.180 e. The van der Waals surface area contributed by atoms with Crippen LogP contribution in [-0.2, 0) is 16.0 Å². The monoisotopic (exact) mass is 242 g/mol. The lowest BCUT2D eigenvalue weighted by Gasteiger charge is -2.15. The number of hydrogen-bond acceptors (Lipinski definition) is 4. The van der Waals surface area contributed by atoms with Crippen LogP contribution in [0.4, 0.5) is 0 Å². The van der Waals surface area contributed by atoms with Gasteiger partial charge in [-0.05, 0) is 19.1 Å². The summed E-state index contributed by atoms with van der Waals surface area (Å²) in [4.78, 5) is 2.94. The summed E-state index contributed by atoms with van der Waals surface area (Å²) in [6.45, 7) is 1.50. The third kappa shape index (κ3) is 1.81. The van der Waals surface area contributed by atoms with E-state index in [-0.39, 0.29) is 0 Å². The maximum Gasteiger partial charge on any atom is 0.180 e. The van der Waals surface area contributed by atoms with Crippen molar-refractivity contribution in [2.75, 3.05) is 0 Å². The summed E-state index contributed by atoms with van der Waals surface area (Å²) in [6.07, 6.45) is 0. The summed E-state index contributed by atoms with van der Waals surface area (Å²) in [5.74, 6) is 0. The molecule has 0 saturated heterocycles. The minimum atomic E-state index is -2.13. The van der Waals surface area contributed by atoms with E-state index >= 15 is 0 Å². The van der Waals surface area contributed by atoms with E-state index < -0.39 is 16.0 Å². The summed E-state index contributed by atoms with van der Waals surface area (Å²) in [7, 11) is 0. The molecule has 0 fully saturated rings. The first-order valence-electron chi connectivity index (χ1n) is 4.27. The number of para-hydroxylation sites is 1. The maximum atomic E-state index is 11.1. The van der Waals surface area contributed by atoms with Crippen molar-refractivity contribution >= 4 is 32.6 Å². The minimum absolute atomic E-state index is 0.476. The van der Waals surface area contributed by atoms with E-state index in [0.29, 0.717) is 5.01 Å². The quantitative estimate of drug-likeness (QED) is 0.785. The van der Waals surface area contributed by atoms with Crippen LogP contribution in [-0.4, -0.2) is 13.7 Å². The number of thiazole rings is 1. The third-order valence-corrected chi connectivity index (χ3v) is 4.40. The van der Waals surface area contributed by atoms with E-state index in [4.69, 9.17) is 10.3 Å². The first kappa shape index (κ1) is 10.7. The number of aromatic nitrogens is 1. The second kappa shape index (κ2) is 3.64. The molecule has 1 heterocycles. The van der Waals surface area contributed by atoms with Gasteiger partial charge in [-0.2, -0.15) is 0 Å². The van der Waals surface area contributed by atoms with Crippen molar-refractivity contribution in [2.24, 2.45) is 5.73 Å². The Morgan fingerprint density at radius 1 is 1.53 bits per heavy atom. The molecule has 6 heteroatoms. The van der Waals surface area contributed by atoms with E-state index in [1.54, 1.807) is 0 Å². The lowest BCUT2D eigenvalue weighted by molar-refractivity contribution is 0.515. The van der Waals surface area contributed by atoms with Crippen molar-refractivity contribution in [3.05, 3.63) is 29.3 Å². The van der Waals surface area contributed by atoms with Gasteiger partial charge in [-0.15, -0.1) is 11.3 Å². The second-order valence-corrected chi connectivity index (χ2v) is 5.72. The molecule has 0 aliphatic rings. The number of nitrogens with two attached hydrogens (primary N) is 1. The normalized spacial score (nSPS) is 17.5. The summed E-state index contributed by atoms with van der Waals surface area (Å²) in [5.41, 5.74) is 6.55. The molecule has 15 heavy (non-hydrogen) atoms. The zero-order valence-electron chi connectivity index (χ0n) is 8.01. The van der Waals surface area contributed by atoms with E-state index in [1.165, 1.54) is 18.3 Å². The first-order valence-corrected chi connectivity index (χ1v) is 6.20. The number of hydrogen-bond donors (Lipinski definition) is 2. The fourth-order valence-electron chi connectivity index (χ4n) is 1.16. The Hall–Kier alpha value is -0.820. The molecule has 2 rings (SSSR count). The molecule has 0 radical (unpaired) electrons. The van der Waals surface area contributed by atoms with Crippen LogP contribution in [0.5, 0.6) is 0 Å². The van der Waals surface area contributed by atoms with E-state index in [0.717, 1.165) is 10.2 Å². The highest BCUT2D eigenvalue weighted by atomic mass is 32.2. The summed E-state index contributed by atoms with van der Waals surface area (Å²) < 4.78 is 21.1. The Balaban J connectivity index is 2.58. The highest BCUT2D eigenvalue weighted by molar-refractivity contribution is 7.80. The highest BCUT2D eigenvalue weighted by Crippen LogP contribution is 2.29. The van der Waals surface area contributed by atoms with Crippen LogP contribution in [0.15, 0.2) is 24.3 Å². The van der Waals surface area contributed by atoms with Gasteiger partial charge in [0.25, 0.3) is 0 Å². The Bertz CT molecular complexity index is 489. The van der Waals surface area contributed by atoms with Gasteiger partial charge in [0.15, 0.2) is 16.0 Å². The standard InChI is InChI=1S/C9H10N2O2S2/c1-9(10,15(12)13)8-11-6-4-2-3-5-7(6)14-8/h2-5H,10H2,1H3,(H,12,13). The minimum Gasteiger partial charge on any atom is -0.307 e. The van der Waals surface area contributed by atoms with Crippen LogP contribution >= 0.6 is 11.3 Å². The van der Waals surface area contributed by atoms with Crippen molar-refractivity contribution in [1.29, 1.82) is 0 Å². The molecular formula is C9H10N2O2S2. The molecule has 80 valence electrons. The molecule has 2 unspecified atom stereocenters. The van der Waals surface area contributed by atoms with Crippen molar-refractivity contribution < 1.29 is 8.76 Å². The number of rotatable bonds is 2. The largest absolute Gasteiger partial charge is 0.307 e. The molecule has 1 aromatic carbocycles. The number of fused-ring (bicyclic) bond motifs is 1. The molecule has 0 bridgehead atoms. The Morgan fingerprint density at radius 3 is 2.80 bits per heavy atom. The number of benzene rings is 1. The molecule has 2 aromatic rings. The molecule has 2 atom stereocenters. The molecule has 3 N–H and O–H groups in total. The van der Waals surface area contributed by atoms with E-state index in [1.807, 2.05) is 24.3 Å². The van der Waals surface area contributed by atoms with Gasteiger partial charge in [-0.25, -0.2) is 9.19 Å². The predicted molar refractivity (Wildman–Crippen MR) is 61.9 cm³/mol. The molecule has 0 amide bonds. The van der Waals surface area contributed by atoms with Crippen LogP contribution in [0.2, 0.25) is 0 Å². The van der Waals surface area contributed by atoms with Gasteiger partial charge in [0.2, 0.25) is 0 Å². The van der Waals surface area contributed by atoms with Crippen molar-refractivity contribution in [3.63, 3.8) is 0 Å². The van der Waals surface area contributed by atoms with Gasteiger partial charge in [-0.1, -0.05) is 12.1 Å². The summed E-state index contributed by atoms with van der Waals surface area (Å²) in [6, 6.07) is 7.53. The van der Waals surface area contributed by atoms with Gasteiger partial charge < -0.3 is 10.3 Å². The second-order valence-electron chi connectivity index (χ2n) is 3.34. The van der Waals surface area contributed by atoms with Crippen LogP contribution in [0.3, 0.4) is 0 Å². The molecular weight excluding hydrogens is 232 g/mol. The van der Waals surface area contributed by atoms with Gasteiger partial charge in [0.05, 0.1) is 10.2 Å². The van der Waals surface area contributed by atoms with Crippen LogP contribution in [0, 0.1) is 0 Å². The third-order valence-electron chi connectivity index (χ3n) is 2.08. The number of nitrogens with zero attached hydrogens (tertiary/aromatic N) is 1. The highest BCUT2D eigenvalue weighted by Gasteiger charge is 2.31. The van der Waals surface area contributed by atoms with Crippen molar-refractivity contribution in [1.82, 2.24) is 4.98 Å². The van der Waals surface area contributed by atoms with Gasteiger partial charge in [-0.3, -0.25) is 0 Å². The van der Waals surface area contributed by atoms with Gasteiger partial charge in [0, 0.05) is 0 Å². The molecule has 4 nitrogen and oxygen atoms in total. The molecule has 0 aliphatic carbocycles. The average molecular weight is 242 g/mol. The molecule has 0 saturated carbocycles. The van der Waals surface area contributed by atoms with Gasteiger partial charge >= 0.3 is 0 Å². The van der Waals surface area contributed by atoms with Gasteiger partial charge in [0.1, 0.15) is 5.01 Å². The Morgan fingerprint density at radius 2 is 2.20 bits per heavy atom. The Labute approximate surface area is 93.4 Å².